The van der Waals surface area contributed by atoms with Gasteiger partial charge in [-0.05, 0) is 91.1 Å². The van der Waals surface area contributed by atoms with Gasteiger partial charge < -0.3 is 10.2 Å². The Bertz CT molecular complexity index is 1950. The highest BCUT2D eigenvalue weighted by molar-refractivity contribution is 5.88. The first kappa shape index (κ1) is 30.9. The lowest BCUT2D eigenvalue weighted by Gasteiger charge is -2.19. The summed E-state index contributed by atoms with van der Waals surface area (Å²) in [4.78, 5) is 0. The van der Waals surface area contributed by atoms with Gasteiger partial charge in [-0.25, -0.2) is 0 Å². The molecule has 0 bridgehead atoms. The molecular weight excluding hydrogens is 572 g/mol. The first-order chi connectivity index (χ1) is 22.8. The number of phenols is 2. The van der Waals surface area contributed by atoms with Crippen LogP contribution in [0, 0.1) is 0 Å². The average Bonchev–Trinajstić information content (AvgIpc) is 3.13. The van der Waals surface area contributed by atoms with E-state index in [4.69, 9.17) is 0 Å². The monoisotopic (exact) mass is 608 g/mol. The van der Waals surface area contributed by atoms with Crippen LogP contribution in [-0.4, -0.2) is 10.2 Å². The van der Waals surface area contributed by atoms with E-state index in [2.05, 4.69) is 26.3 Å². The number of aromatic hydroxyl groups is 2. The van der Waals surface area contributed by atoms with Crippen molar-refractivity contribution in [2.24, 2.45) is 0 Å². The Morgan fingerprint density at radius 1 is 0.362 bits per heavy atom. The van der Waals surface area contributed by atoms with Gasteiger partial charge in [-0.1, -0.05) is 148 Å². The standard InChI is InChI=1S/C45H36O2/c1-30(34-17-9-5-10-18-34)38-25-40(44(46)42(28-38)32(3)36-21-13-7-14-22-36)27-41-26-39(31(2)35-19-11-6-12-20-35)29-43(45(41)47)33(4)37-23-15-8-16-24-37/h5-26,28-29,46-47H,1-4,27H2. The third-order valence-corrected chi connectivity index (χ3v) is 8.59. The van der Waals surface area contributed by atoms with E-state index in [-0.39, 0.29) is 17.9 Å². The van der Waals surface area contributed by atoms with Crippen molar-refractivity contribution in [3.05, 3.63) is 228 Å². The lowest BCUT2D eigenvalue weighted by atomic mass is 9.86. The molecule has 6 aromatic rings. The van der Waals surface area contributed by atoms with Gasteiger partial charge in [0.05, 0.1) is 0 Å². The van der Waals surface area contributed by atoms with Gasteiger partial charge >= 0.3 is 0 Å². The summed E-state index contributed by atoms with van der Waals surface area (Å²) in [7, 11) is 0. The van der Waals surface area contributed by atoms with Gasteiger partial charge in [-0.3, -0.25) is 0 Å². The van der Waals surface area contributed by atoms with Crippen molar-refractivity contribution in [2.45, 2.75) is 6.42 Å². The lowest BCUT2D eigenvalue weighted by Crippen LogP contribution is -2.01. The topological polar surface area (TPSA) is 40.5 Å². The van der Waals surface area contributed by atoms with Crippen molar-refractivity contribution in [3.8, 4) is 11.5 Å². The summed E-state index contributed by atoms with van der Waals surface area (Å²) < 4.78 is 0. The molecule has 0 amide bonds. The number of benzene rings is 6. The summed E-state index contributed by atoms with van der Waals surface area (Å²) in [6.45, 7) is 17.6. The van der Waals surface area contributed by atoms with Gasteiger partial charge in [0.25, 0.3) is 0 Å². The summed E-state index contributed by atoms with van der Waals surface area (Å²) in [6.07, 6.45) is 0.244. The normalized spacial score (nSPS) is 10.7. The van der Waals surface area contributed by atoms with Crippen LogP contribution in [0.4, 0.5) is 0 Å². The minimum atomic E-state index is 0.110. The predicted molar refractivity (Wildman–Crippen MR) is 197 cm³/mol. The van der Waals surface area contributed by atoms with Gasteiger partial charge in [0, 0.05) is 17.5 Å². The van der Waals surface area contributed by atoms with E-state index < -0.39 is 0 Å². The highest BCUT2D eigenvalue weighted by Crippen LogP contribution is 2.41. The third kappa shape index (κ3) is 6.49. The summed E-state index contributed by atoms with van der Waals surface area (Å²) in [5.41, 5.74) is 11.0. The van der Waals surface area contributed by atoms with Gasteiger partial charge in [0.2, 0.25) is 0 Å². The van der Waals surface area contributed by atoms with E-state index in [0.29, 0.717) is 33.4 Å². The fourth-order valence-electron chi connectivity index (χ4n) is 5.87. The molecule has 2 N–H and O–H groups in total. The zero-order chi connectivity index (χ0) is 32.9. The zero-order valence-electron chi connectivity index (χ0n) is 26.3. The summed E-state index contributed by atoms with van der Waals surface area (Å²) >= 11 is 0. The van der Waals surface area contributed by atoms with Gasteiger partial charge in [-0.2, -0.15) is 0 Å². The molecular formula is C45H36O2. The van der Waals surface area contributed by atoms with Crippen molar-refractivity contribution in [2.75, 3.05) is 0 Å². The van der Waals surface area contributed by atoms with Crippen molar-refractivity contribution >= 4 is 22.3 Å². The minimum absolute atomic E-state index is 0.110. The molecule has 0 saturated heterocycles. The predicted octanol–water partition coefficient (Wildman–Crippen LogP) is 10.9. The first-order valence-corrected chi connectivity index (χ1v) is 15.5. The maximum absolute atomic E-state index is 11.9. The SMILES string of the molecule is C=C(c1ccccc1)c1cc(Cc2cc(C(=C)c3ccccc3)cc(C(=C)c3ccccc3)c2O)c(O)c(C(=C)c2ccccc2)c1. The van der Waals surface area contributed by atoms with Crippen molar-refractivity contribution in [3.63, 3.8) is 0 Å². The molecule has 0 atom stereocenters. The van der Waals surface area contributed by atoms with E-state index in [1.807, 2.05) is 146 Å². The van der Waals surface area contributed by atoms with E-state index in [1.54, 1.807) is 0 Å². The smallest absolute Gasteiger partial charge is 0.126 e. The fourth-order valence-corrected chi connectivity index (χ4v) is 5.87. The molecule has 0 heterocycles. The zero-order valence-corrected chi connectivity index (χ0v) is 26.3. The Hall–Kier alpha value is -6.12. The van der Waals surface area contributed by atoms with Crippen LogP contribution in [-0.2, 0) is 6.42 Å². The number of rotatable bonds is 10. The van der Waals surface area contributed by atoms with Gasteiger partial charge in [0.1, 0.15) is 11.5 Å². The fraction of sp³-hybridized carbons (Fsp3) is 0.0222. The molecule has 0 aromatic heterocycles. The van der Waals surface area contributed by atoms with Crippen LogP contribution in [0.25, 0.3) is 22.3 Å². The van der Waals surface area contributed by atoms with Crippen molar-refractivity contribution < 1.29 is 10.2 Å². The van der Waals surface area contributed by atoms with Crippen LogP contribution in [0.1, 0.15) is 55.6 Å². The lowest BCUT2D eigenvalue weighted by molar-refractivity contribution is 0.461. The van der Waals surface area contributed by atoms with Crippen molar-refractivity contribution in [1.82, 2.24) is 0 Å². The second-order valence-electron chi connectivity index (χ2n) is 11.6. The Morgan fingerprint density at radius 2 is 0.638 bits per heavy atom. The molecule has 0 aliphatic carbocycles. The molecule has 2 heteroatoms. The number of hydrogen-bond donors (Lipinski definition) is 2. The minimum Gasteiger partial charge on any atom is -0.507 e. The highest BCUT2D eigenvalue weighted by atomic mass is 16.3. The van der Waals surface area contributed by atoms with E-state index in [1.165, 1.54) is 0 Å². The second-order valence-corrected chi connectivity index (χ2v) is 11.6. The van der Waals surface area contributed by atoms with Crippen LogP contribution in [0.15, 0.2) is 172 Å². The molecule has 47 heavy (non-hydrogen) atoms. The summed E-state index contributed by atoms with van der Waals surface area (Å²) in [5, 5.41) is 23.7. The molecule has 2 nitrogen and oxygen atoms in total. The molecule has 0 radical (unpaired) electrons. The molecule has 0 fully saturated rings. The maximum Gasteiger partial charge on any atom is 0.126 e. The highest BCUT2D eigenvalue weighted by Gasteiger charge is 2.20. The maximum atomic E-state index is 11.9. The number of hydrogen-bond acceptors (Lipinski definition) is 2. The molecule has 0 aliphatic heterocycles. The quantitative estimate of drug-likeness (QED) is 0.162. The Labute approximate surface area is 277 Å². The summed E-state index contributed by atoms with van der Waals surface area (Å²) in [6, 6.07) is 47.4. The van der Waals surface area contributed by atoms with Crippen LogP contribution in [0.3, 0.4) is 0 Å². The van der Waals surface area contributed by atoms with Crippen LogP contribution < -0.4 is 0 Å². The Balaban J connectivity index is 1.51. The molecule has 6 aromatic carbocycles. The second kappa shape index (κ2) is 13.5. The van der Waals surface area contributed by atoms with Gasteiger partial charge in [-0.15, -0.1) is 0 Å². The van der Waals surface area contributed by atoms with E-state index >= 15 is 0 Å². The molecule has 0 saturated carbocycles. The Kier molecular flexibility index (Phi) is 8.86. The van der Waals surface area contributed by atoms with E-state index in [0.717, 1.165) is 44.5 Å². The molecule has 0 spiro atoms. The number of phenolic OH excluding ortho intramolecular Hbond substituents is 2. The van der Waals surface area contributed by atoms with Crippen molar-refractivity contribution in [1.29, 1.82) is 0 Å². The van der Waals surface area contributed by atoms with Crippen LogP contribution in [0.2, 0.25) is 0 Å². The third-order valence-electron chi connectivity index (χ3n) is 8.59. The molecule has 0 aliphatic rings. The van der Waals surface area contributed by atoms with Gasteiger partial charge in [0.15, 0.2) is 0 Å². The first-order valence-electron chi connectivity index (χ1n) is 15.5. The summed E-state index contributed by atoms with van der Waals surface area (Å²) in [5.74, 6) is 0.220. The molecule has 6 rings (SSSR count). The average molecular weight is 609 g/mol. The molecule has 0 unspecified atom stereocenters. The largest absolute Gasteiger partial charge is 0.507 e. The van der Waals surface area contributed by atoms with Crippen LogP contribution in [0.5, 0.6) is 11.5 Å². The Morgan fingerprint density at radius 3 is 0.936 bits per heavy atom. The van der Waals surface area contributed by atoms with Crippen LogP contribution >= 0.6 is 0 Å². The van der Waals surface area contributed by atoms with E-state index in [9.17, 15) is 10.2 Å². The molecule has 228 valence electrons.